The lowest BCUT2D eigenvalue weighted by Gasteiger charge is -1.97. The number of nitrogens with zero attached hydrogens (tertiary/aromatic N) is 1. The van der Waals surface area contributed by atoms with Crippen LogP contribution in [0.15, 0.2) is 23.2 Å². The van der Waals surface area contributed by atoms with Crippen molar-refractivity contribution in [2.24, 2.45) is 4.99 Å². The number of hydrogen-bond donors (Lipinski definition) is 0. The first kappa shape index (κ1) is 8.05. The molecular formula is C8H6FNS. The highest BCUT2D eigenvalue weighted by atomic mass is 32.1. The average Bonchev–Trinajstić information content (AvgIpc) is 1.99. The van der Waals surface area contributed by atoms with E-state index in [1.54, 1.807) is 19.1 Å². The molecule has 11 heavy (non-hydrogen) atoms. The number of thiocarbonyl (C=S) groups is 1. The van der Waals surface area contributed by atoms with Gasteiger partial charge in [0.1, 0.15) is 5.82 Å². The van der Waals surface area contributed by atoms with Crippen LogP contribution in [0, 0.1) is 12.7 Å². The van der Waals surface area contributed by atoms with E-state index in [4.69, 9.17) is 0 Å². The van der Waals surface area contributed by atoms with Crippen molar-refractivity contribution in [3.63, 3.8) is 0 Å². The smallest absolute Gasteiger partial charge is 0.128 e. The zero-order chi connectivity index (χ0) is 8.27. The highest BCUT2D eigenvalue weighted by molar-refractivity contribution is 7.78. The molecule has 0 amide bonds. The van der Waals surface area contributed by atoms with Crippen LogP contribution < -0.4 is 0 Å². The maximum atomic E-state index is 12.8. The van der Waals surface area contributed by atoms with Crippen molar-refractivity contribution in [2.75, 3.05) is 0 Å². The van der Waals surface area contributed by atoms with Gasteiger partial charge < -0.3 is 0 Å². The van der Waals surface area contributed by atoms with Gasteiger partial charge in [-0.15, -0.1) is 0 Å². The highest BCUT2D eigenvalue weighted by Crippen LogP contribution is 2.19. The number of hydrogen-bond acceptors (Lipinski definition) is 2. The van der Waals surface area contributed by atoms with E-state index in [2.05, 4.69) is 22.4 Å². The molecule has 0 fully saturated rings. The van der Waals surface area contributed by atoms with E-state index in [0.717, 1.165) is 0 Å². The minimum Gasteiger partial charge on any atom is -0.207 e. The van der Waals surface area contributed by atoms with Crippen molar-refractivity contribution in [3.8, 4) is 0 Å². The molecule has 0 bridgehead atoms. The van der Waals surface area contributed by atoms with Crippen molar-refractivity contribution in [1.82, 2.24) is 0 Å². The van der Waals surface area contributed by atoms with Crippen LogP contribution >= 0.6 is 12.2 Å². The summed E-state index contributed by atoms with van der Waals surface area (Å²) in [5, 5.41) is 2.19. The molecule has 0 saturated carbocycles. The van der Waals surface area contributed by atoms with Gasteiger partial charge in [0, 0.05) is 5.56 Å². The number of rotatable bonds is 1. The highest BCUT2D eigenvalue weighted by Gasteiger charge is 1.99. The molecule has 0 aliphatic carbocycles. The molecule has 0 aromatic heterocycles. The molecule has 0 aliphatic rings. The molecule has 1 aromatic carbocycles. The van der Waals surface area contributed by atoms with E-state index in [1.807, 2.05) is 0 Å². The molecule has 0 heterocycles. The zero-order valence-electron chi connectivity index (χ0n) is 5.97. The van der Waals surface area contributed by atoms with Gasteiger partial charge in [-0.2, -0.15) is 4.99 Å². The quantitative estimate of drug-likeness (QED) is 0.462. The third kappa shape index (κ3) is 1.70. The first-order valence-electron chi connectivity index (χ1n) is 3.08. The Kier molecular flexibility index (Phi) is 2.47. The topological polar surface area (TPSA) is 12.4 Å². The van der Waals surface area contributed by atoms with Gasteiger partial charge in [-0.05, 0) is 31.3 Å². The Bertz CT molecular complexity index is 316. The Morgan fingerprint density at radius 1 is 1.55 bits per heavy atom. The van der Waals surface area contributed by atoms with Gasteiger partial charge in [0.05, 0.1) is 10.8 Å². The van der Waals surface area contributed by atoms with Gasteiger partial charge in [0.15, 0.2) is 0 Å². The van der Waals surface area contributed by atoms with Crippen LogP contribution in [0.4, 0.5) is 10.1 Å². The average molecular weight is 167 g/mol. The summed E-state index contributed by atoms with van der Waals surface area (Å²) in [6, 6.07) is 4.67. The fourth-order valence-electron chi connectivity index (χ4n) is 0.766. The maximum absolute atomic E-state index is 12.8. The first-order chi connectivity index (χ1) is 5.25. The van der Waals surface area contributed by atoms with Crippen LogP contribution in [0.25, 0.3) is 0 Å². The van der Waals surface area contributed by atoms with Crippen LogP contribution in [0.2, 0.25) is 0 Å². The number of isothiocyanates is 1. The third-order valence-corrected chi connectivity index (χ3v) is 1.50. The minimum atomic E-state index is -0.267. The van der Waals surface area contributed by atoms with Crippen LogP contribution in [-0.4, -0.2) is 5.16 Å². The monoisotopic (exact) mass is 167 g/mol. The van der Waals surface area contributed by atoms with Gasteiger partial charge in [-0.25, -0.2) is 4.39 Å². The van der Waals surface area contributed by atoms with Gasteiger partial charge >= 0.3 is 0 Å². The summed E-state index contributed by atoms with van der Waals surface area (Å²) in [4.78, 5) is 3.69. The summed E-state index contributed by atoms with van der Waals surface area (Å²) in [5.74, 6) is -0.267. The van der Waals surface area contributed by atoms with E-state index < -0.39 is 0 Å². The Hall–Kier alpha value is -1.05. The number of halogens is 1. The summed E-state index contributed by atoms with van der Waals surface area (Å²) >= 11 is 4.40. The number of aliphatic imine (C=N–C) groups is 1. The fourth-order valence-corrected chi connectivity index (χ4v) is 0.865. The fraction of sp³-hybridized carbons (Fsp3) is 0.125. The molecule has 0 unspecified atom stereocenters. The zero-order valence-corrected chi connectivity index (χ0v) is 6.78. The van der Waals surface area contributed by atoms with Gasteiger partial charge in [0.2, 0.25) is 0 Å². The molecule has 1 rings (SSSR count). The van der Waals surface area contributed by atoms with Crippen LogP contribution in [0.3, 0.4) is 0 Å². The normalized spacial score (nSPS) is 8.91. The Morgan fingerprint density at radius 3 is 2.91 bits per heavy atom. The van der Waals surface area contributed by atoms with Crippen molar-refractivity contribution >= 4 is 23.1 Å². The van der Waals surface area contributed by atoms with Crippen LogP contribution in [0.1, 0.15) is 5.56 Å². The molecule has 1 aromatic rings. The van der Waals surface area contributed by atoms with Crippen molar-refractivity contribution in [3.05, 3.63) is 29.6 Å². The standard InChI is InChI=1S/C8H6FNS/c1-6-7(9)3-2-4-8(6)10-5-11/h2-4H,1H3. The SMILES string of the molecule is Cc1c(F)cccc1N=C=S. The minimum absolute atomic E-state index is 0.267. The van der Waals surface area contributed by atoms with Crippen LogP contribution in [-0.2, 0) is 0 Å². The lowest BCUT2D eigenvalue weighted by atomic mass is 10.2. The Morgan fingerprint density at radius 2 is 2.27 bits per heavy atom. The molecule has 0 atom stereocenters. The summed E-state index contributed by atoms with van der Waals surface area (Å²) in [6.45, 7) is 1.65. The molecular weight excluding hydrogens is 161 g/mol. The molecule has 0 aliphatic heterocycles. The molecule has 56 valence electrons. The molecule has 0 radical (unpaired) electrons. The van der Waals surface area contributed by atoms with Gasteiger partial charge in [-0.1, -0.05) is 6.07 Å². The van der Waals surface area contributed by atoms with Gasteiger partial charge in [0.25, 0.3) is 0 Å². The lowest BCUT2D eigenvalue weighted by Crippen LogP contribution is -1.80. The van der Waals surface area contributed by atoms with Crippen molar-refractivity contribution in [1.29, 1.82) is 0 Å². The summed E-state index contributed by atoms with van der Waals surface area (Å²) in [5.41, 5.74) is 1.05. The van der Waals surface area contributed by atoms with E-state index in [0.29, 0.717) is 11.3 Å². The van der Waals surface area contributed by atoms with Crippen molar-refractivity contribution in [2.45, 2.75) is 6.92 Å². The maximum Gasteiger partial charge on any atom is 0.128 e. The Balaban J connectivity index is 3.26. The molecule has 3 heteroatoms. The molecule has 0 saturated heterocycles. The lowest BCUT2D eigenvalue weighted by molar-refractivity contribution is 0.619. The second kappa shape index (κ2) is 3.37. The second-order valence-electron chi connectivity index (χ2n) is 2.09. The Labute approximate surface area is 69.6 Å². The number of benzene rings is 1. The molecule has 0 N–H and O–H groups in total. The van der Waals surface area contributed by atoms with E-state index in [1.165, 1.54) is 6.07 Å². The van der Waals surface area contributed by atoms with E-state index in [-0.39, 0.29) is 5.82 Å². The molecule has 1 nitrogen and oxygen atoms in total. The predicted molar refractivity (Wildman–Crippen MR) is 45.8 cm³/mol. The second-order valence-corrected chi connectivity index (χ2v) is 2.27. The largest absolute Gasteiger partial charge is 0.207 e. The molecule has 0 spiro atoms. The van der Waals surface area contributed by atoms with E-state index in [9.17, 15) is 4.39 Å². The van der Waals surface area contributed by atoms with Gasteiger partial charge in [-0.3, -0.25) is 0 Å². The third-order valence-electron chi connectivity index (χ3n) is 1.41. The summed E-state index contributed by atoms with van der Waals surface area (Å²) < 4.78 is 12.8. The predicted octanol–water partition coefficient (Wildman–Crippen LogP) is 2.87. The van der Waals surface area contributed by atoms with E-state index >= 15 is 0 Å². The summed E-state index contributed by atoms with van der Waals surface area (Å²) in [7, 11) is 0. The van der Waals surface area contributed by atoms with Crippen LogP contribution in [0.5, 0.6) is 0 Å². The first-order valence-corrected chi connectivity index (χ1v) is 3.49. The van der Waals surface area contributed by atoms with Crippen molar-refractivity contribution < 1.29 is 4.39 Å². The summed E-state index contributed by atoms with van der Waals surface area (Å²) in [6.07, 6.45) is 0.